The average molecular weight is 598 g/mol. The number of nitrogens with one attached hydrogen (secondary N) is 2. The maximum absolute atomic E-state index is 12.5. The smallest absolute Gasteiger partial charge is 0.407 e. The molecular formula is C24H45N5O12. The molecule has 0 aromatic heterocycles. The number of guanidine groups is 1. The van der Waals surface area contributed by atoms with Gasteiger partial charge in [-0.2, -0.15) is 0 Å². The third kappa shape index (κ3) is 14.8. The first-order valence-corrected chi connectivity index (χ1v) is 13.1. The second-order valence-corrected chi connectivity index (χ2v) is 8.69. The molecule has 0 aliphatic carbocycles. The van der Waals surface area contributed by atoms with Crippen LogP contribution in [0.3, 0.4) is 0 Å². The standard InChI is InChI=1S/C24H43N5O12.H2/c1-3-5-36-7-9-38-11-12-39-10-8-37-6-4-27-24(35)41-20(17(32)14-30)21-19(28-15(2)31)16(29-23(25)26)13-18(40-21)22(33)34;/h13,16-17,19-21,30,32H,3-12,14H2,1-2H3,(H,27,35)(H,28,31)(H,33,34)(H4,25,26,29);1H/t16-,17+,19+,20+,21+;/m0./s1/i;1+2. The molecule has 5 atom stereocenters. The van der Waals surface area contributed by atoms with Crippen molar-refractivity contribution in [3.05, 3.63) is 11.8 Å². The third-order valence-electron chi connectivity index (χ3n) is 5.30. The minimum atomic E-state index is -1.73. The van der Waals surface area contributed by atoms with E-state index in [0.717, 1.165) is 12.5 Å². The largest absolute Gasteiger partial charge is 0.477 e. The highest BCUT2D eigenvalue weighted by Crippen LogP contribution is 2.26. The molecule has 17 nitrogen and oxygen atoms in total. The van der Waals surface area contributed by atoms with E-state index in [1.165, 1.54) is 6.92 Å². The Morgan fingerprint density at radius 2 is 1.61 bits per heavy atom. The lowest BCUT2D eigenvalue weighted by Gasteiger charge is -2.39. The van der Waals surface area contributed by atoms with E-state index < -0.39 is 66.7 Å². The van der Waals surface area contributed by atoms with Gasteiger partial charge in [-0.3, -0.25) is 4.79 Å². The van der Waals surface area contributed by atoms with Gasteiger partial charge in [0.05, 0.1) is 64.9 Å². The topological polar surface area (TPSA) is 256 Å². The number of hydrogen-bond acceptors (Lipinski definition) is 12. The average Bonchev–Trinajstić information content (AvgIpc) is 2.91. The van der Waals surface area contributed by atoms with Crippen LogP contribution in [0.1, 0.15) is 21.7 Å². The highest BCUT2D eigenvalue weighted by molar-refractivity contribution is 5.85. The van der Waals surface area contributed by atoms with Crippen molar-refractivity contribution < 1.29 is 59.6 Å². The summed E-state index contributed by atoms with van der Waals surface area (Å²) in [5.74, 6) is -3.11. The van der Waals surface area contributed by atoms with E-state index in [4.69, 9.17) is 39.9 Å². The maximum atomic E-state index is 12.5. The van der Waals surface area contributed by atoms with Crippen molar-refractivity contribution >= 4 is 23.9 Å². The molecule has 0 spiro atoms. The number of carboxylic acids is 1. The van der Waals surface area contributed by atoms with Gasteiger partial charge >= 0.3 is 12.1 Å². The van der Waals surface area contributed by atoms with E-state index in [1.54, 1.807) is 0 Å². The van der Waals surface area contributed by atoms with Crippen molar-refractivity contribution in [2.45, 2.75) is 50.7 Å². The van der Waals surface area contributed by atoms with E-state index in [0.29, 0.717) is 39.6 Å². The number of alkyl carbamates (subject to hydrolysis) is 1. The molecule has 0 radical (unpaired) electrons. The molecule has 0 aromatic carbocycles. The summed E-state index contributed by atoms with van der Waals surface area (Å²) in [7, 11) is 0. The zero-order valence-corrected chi connectivity index (χ0v) is 23.4. The Labute approximate surface area is 239 Å². The first-order valence-electron chi connectivity index (χ1n) is 13.1. The Morgan fingerprint density at radius 1 is 1.05 bits per heavy atom. The van der Waals surface area contributed by atoms with Gasteiger partial charge in [-0.05, 0) is 12.5 Å². The molecule has 1 rings (SSSR count). The lowest BCUT2D eigenvalue weighted by Crippen LogP contribution is -2.61. The number of hydrogen-bond donors (Lipinski definition) is 7. The van der Waals surface area contributed by atoms with Crippen LogP contribution < -0.4 is 22.1 Å². The lowest BCUT2D eigenvalue weighted by molar-refractivity contribution is -0.146. The van der Waals surface area contributed by atoms with Crippen LogP contribution in [0.5, 0.6) is 0 Å². The van der Waals surface area contributed by atoms with Gasteiger partial charge in [-0.1, -0.05) is 6.92 Å². The predicted octanol–water partition coefficient (Wildman–Crippen LogP) is -2.33. The highest BCUT2D eigenvalue weighted by Gasteiger charge is 2.46. The van der Waals surface area contributed by atoms with Gasteiger partial charge in [0.2, 0.25) is 11.7 Å². The number of ether oxygens (including phenoxy) is 6. The number of aliphatic imine (C=N–C) groups is 1. The number of aliphatic hydroxyl groups excluding tert-OH is 2. The van der Waals surface area contributed by atoms with E-state index in [1.807, 2.05) is 6.92 Å². The summed E-state index contributed by atoms with van der Waals surface area (Å²) in [6.07, 6.45) is -3.89. The Kier molecular flexibility index (Phi) is 18.0. The van der Waals surface area contributed by atoms with E-state index in [-0.39, 0.29) is 21.2 Å². The number of carbonyl (C=O) groups is 3. The van der Waals surface area contributed by atoms with E-state index in [9.17, 15) is 29.7 Å². The summed E-state index contributed by atoms with van der Waals surface area (Å²) in [5, 5.41) is 34.4. The maximum Gasteiger partial charge on any atom is 0.407 e. The molecule has 41 heavy (non-hydrogen) atoms. The summed E-state index contributed by atoms with van der Waals surface area (Å²) in [4.78, 5) is 39.9. The van der Waals surface area contributed by atoms with Crippen LogP contribution in [-0.2, 0) is 38.0 Å². The summed E-state index contributed by atoms with van der Waals surface area (Å²) < 4.78 is 32.1. The Bertz CT molecular complexity index is 862. The van der Waals surface area contributed by atoms with Crippen LogP contribution in [-0.4, -0.2) is 136 Å². The van der Waals surface area contributed by atoms with Gasteiger partial charge in [0.25, 0.3) is 0 Å². The second-order valence-electron chi connectivity index (χ2n) is 8.69. The molecule has 0 unspecified atom stereocenters. The molecule has 9 N–H and O–H groups in total. The molecule has 0 aromatic rings. The van der Waals surface area contributed by atoms with Crippen LogP contribution >= 0.6 is 0 Å². The molecule has 1 aliphatic rings. The van der Waals surface area contributed by atoms with E-state index >= 15 is 0 Å². The predicted molar refractivity (Wildman–Crippen MR) is 145 cm³/mol. The highest BCUT2D eigenvalue weighted by atomic mass is 16.6. The molecule has 0 bridgehead atoms. The normalized spacial score (nSPS) is 19.7. The van der Waals surface area contributed by atoms with Crippen molar-refractivity contribution in [2.75, 3.05) is 66.0 Å². The first kappa shape index (κ1) is 35.8. The van der Waals surface area contributed by atoms with Crippen molar-refractivity contribution in [3.63, 3.8) is 0 Å². The fourth-order valence-corrected chi connectivity index (χ4v) is 3.56. The number of aliphatic hydroxyl groups is 2. The second kappa shape index (κ2) is 20.6. The van der Waals surface area contributed by atoms with Crippen LogP contribution in [0.2, 0.25) is 0 Å². The molecule has 0 fully saturated rings. The fraction of sp³-hybridized carbons (Fsp3) is 0.750. The van der Waals surface area contributed by atoms with Gasteiger partial charge in [0, 0.05) is 21.5 Å². The Balaban J connectivity index is 0.0000168. The molecule has 1 aliphatic heterocycles. The van der Waals surface area contributed by atoms with Gasteiger partial charge in [-0.15, -0.1) is 0 Å². The van der Waals surface area contributed by atoms with Crippen molar-refractivity contribution in [1.82, 2.24) is 10.6 Å². The molecule has 0 saturated carbocycles. The van der Waals surface area contributed by atoms with Crippen molar-refractivity contribution in [2.24, 2.45) is 16.5 Å². The van der Waals surface area contributed by atoms with Crippen LogP contribution in [0.25, 0.3) is 0 Å². The lowest BCUT2D eigenvalue weighted by atomic mass is 9.92. The van der Waals surface area contributed by atoms with Crippen LogP contribution in [0.4, 0.5) is 4.79 Å². The fourth-order valence-electron chi connectivity index (χ4n) is 3.56. The van der Waals surface area contributed by atoms with Gasteiger partial charge < -0.3 is 65.8 Å². The number of rotatable bonds is 21. The third-order valence-corrected chi connectivity index (χ3v) is 5.30. The first-order chi connectivity index (χ1) is 19.6. The number of nitrogens with two attached hydrogens (primary N) is 2. The van der Waals surface area contributed by atoms with Crippen molar-refractivity contribution in [1.29, 1.82) is 0 Å². The van der Waals surface area contributed by atoms with Crippen molar-refractivity contribution in [3.8, 4) is 0 Å². The molecule has 0 saturated heterocycles. The van der Waals surface area contributed by atoms with Gasteiger partial charge in [0.1, 0.15) is 6.10 Å². The minimum absolute atomic E-state index is 0. The zero-order valence-electron chi connectivity index (χ0n) is 23.4. The van der Waals surface area contributed by atoms with E-state index in [2.05, 4.69) is 15.6 Å². The summed E-state index contributed by atoms with van der Waals surface area (Å²) >= 11 is 0. The minimum Gasteiger partial charge on any atom is -0.477 e. The Morgan fingerprint density at radius 3 is 2.10 bits per heavy atom. The molecular weight excluding hydrogens is 550 g/mol. The molecule has 1 heterocycles. The number of carboxylic acid groups (broad SMARTS) is 1. The number of amides is 2. The number of nitrogens with zero attached hydrogens (tertiary/aromatic N) is 1. The summed E-state index contributed by atoms with van der Waals surface area (Å²) in [6.45, 7) is 5.55. The van der Waals surface area contributed by atoms with Crippen LogP contribution in [0, 0.1) is 0 Å². The summed E-state index contributed by atoms with van der Waals surface area (Å²) in [6, 6.07) is -2.34. The summed E-state index contributed by atoms with van der Waals surface area (Å²) in [5.41, 5.74) is 10.9. The van der Waals surface area contributed by atoms with Gasteiger partial charge in [-0.25, -0.2) is 14.6 Å². The van der Waals surface area contributed by atoms with Crippen LogP contribution in [0.15, 0.2) is 16.8 Å². The number of aliphatic carboxylic acids is 1. The number of carbonyl (C=O) groups excluding carboxylic acids is 2. The zero-order chi connectivity index (χ0) is 30.6. The molecule has 238 valence electrons. The van der Waals surface area contributed by atoms with Gasteiger partial charge in [0.15, 0.2) is 18.2 Å². The monoisotopic (exact) mass is 597 g/mol. The molecule has 2 amide bonds. The quantitative estimate of drug-likeness (QED) is 0.0416. The Hall–Kier alpha value is -3.22. The molecule has 17 heteroatoms. The SMILES string of the molecule is CCCOCCOCCOCCOCCNC(=O)O[C@@H]([C@@H]1OC(C(=O)O)=C[C@H](N=C(N)N)[C@H]1NC(C)=O)[C@H](O)CO.[3HH].